The van der Waals surface area contributed by atoms with Gasteiger partial charge in [0, 0.05) is 26.9 Å². The van der Waals surface area contributed by atoms with Gasteiger partial charge in [-0.2, -0.15) is 26.3 Å². The van der Waals surface area contributed by atoms with Crippen molar-refractivity contribution in [1.82, 2.24) is 5.06 Å². The molecule has 0 spiro atoms. The third-order valence-electron chi connectivity index (χ3n) is 5.13. The van der Waals surface area contributed by atoms with Crippen molar-refractivity contribution in [3.8, 4) is 17.2 Å². The van der Waals surface area contributed by atoms with Crippen molar-refractivity contribution in [2.75, 3.05) is 13.6 Å². The van der Waals surface area contributed by atoms with E-state index < -0.39 is 47.1 Å². The fraction of sp³-hybridized carbons (Fsp3) is 0.269. The lowest BCUT2D eigenvalue weighted by molar-refractivity contribution is -0.182. The fourth-order valence-corrected chi connectivity index (χ4v) is 3.41. The Morgan fingerprint density at radius 1 is 0.816 bits per heavy atom. The highest BCUT2D eigenvalue weighted by Gasteiger charge is 2.37. The summed E-state index contributed by atoms with van der Waals surface area (Å²) in [5, 5.41) is 1.31. The molecule has 38 heavy (non-hydrogen) atoms. The van der Waals surface area contributed by atoms with Crippen molar-refractivity contribution in [2.45, 2.75) is 31.8 Å². The summed E-state index contributed by atoms with van der Waals surface area (Å²) in [4.78, 5) is 16.1. The SMILES string of the molecule is CC(=O)ON(C)CCC(Oc1ccc(Oc2cc(C(F)(F)F)cc(C(F)(F)F)c2)cc1)c1ccc(F)cc1. The van der Waals surface area contributed by atoms with Crippen LogP contribution in [0.25, 0.3) is 0 Å². The van der Waals surface area contributed by atoms with Crippen LogP contribution in [0.4, 0.5) is 30.7 Å². The summed E-state index contributed by atoms with van der Waals surface area (Å²) in [7, 11) is 1.55. The van der Waals surface area contributed by atoms with Crippen LogP contribution in [0.2, 0.25) is 0 Å². The Bertz CT molecular complexity index is 1190. The second-order valence-electron chi connectivity index (χ2n) is 8.20. The van der Waals surface area contributed by atoms with E-state index in [2.05, 4.69) is 0 Å². The molecule has 3 rings (SSSR count). The first kappa shape index (κ1) is 28.8. The van der Waals surface area contributed by atoms with Gasteiger partial charge in [0.25, 0.3) is 0 Å². The van der Waals surface area contributed by atoms with Gasteiger partial charge < -0.3 is 14.3 Å². The zero-order valence-electron chi connectivity index (χ0n) is 20.1. The van der Waals surface area contributed by atoms with E-state index in [1.54, 1.807) is 7.05 Å². The number of ether oxygens (including phenoxy) is 2. The van der Waals surface area contributed by atoms with Crippen molar-refractivity contribution >= 4 is 5.97 Å². The normalized spacial score (nSPS) is 12.8. The summed E-state index contributed by atoms with van der Waals surface area (Å²) < 4.78 is 103. The molecule has 0 aliphatic heterocycles. The van der Waals surface area contributed by atoms with Gasteiger partial charge in [0.05, 0.1) is 11.1 Å². The number of hydrogen-bond acceptors (Lipinski definition) is 5. The average Bonchev–Trinajstić information content (AvgIpc) is 2.82. The van der Waals surface area contributed by atoms with Gasteiger partial charge in [0.15, 0.2) is 0 Å². The van der Waals surface area contributed by atoms with Crippen LogP contribution in [0.15, 0.2) is 66.7 Å². The minimum atomic E-state index is -5.00. The first-order valence-corrected chi connectivity index (χ1v) is 11.1. The van der Waals surface area contributed by atoms with Crippen LogP contribution in [0.5, 0.6) is 17.2 Å². The lowest BCUT2D eigenvalue weighted by atomic mass is 10.1. The van der Waals surface area contributed by atoms with E-state index >= 15 is 0 Å². The molecule has 3 aromatic carbocycles. The molecule has 0 amide bonds. The van der Waals surface area contributed by atoms with E-state index in [-0.39, 0.29) is 18.4 Å². The van der Waals surface area contributed by atoms with Gasteiger partial charge >= 0.3 is 18.3 Å². The van der Waals surface area contributed by atoms with Crippen LogP contribution in [0.1, 0.15) is 36.1 Å². The van der Waals surface area contributed by atoms with Crippen LogP contribution >= 0.6 is 0 Å². The molecule has 12 heteroatoms. The molecule has 1 unspecified atom stereocenters. The monoisotopic (exact) mass is 545 g/mol. The minimum absolute atomic E-state index is 0.0122. The first-order chi connectivity index (χ1) is 17.7. The van der Waals surface area contributed by atoms with E-state index in [0.29, 0.717) is 29.9 Å². The molecule has 0 aromatic heterocycles. The van der Waals surface area contributed by atoms with Gasteiger partial charge in [-0.25, -0.2) is 4.39 Å². The number of hydrogen-bond donors (Lipinski definition) is 0. The van der Waals surface area contributed by atoms with Crippen LogP contribution in [-0.4, -0.2) is 24.6 Å². The smallest absolute Gasteiger partial charge is 0.416 e. The molecule has 5 nitrogen and oxygen atoms in total. The third kappa shape index (κ3) is 8.37. The van der Waals surface area contributed by atoms with Gasteiger partial charge in [-0.3, -0.25) is 4.79 Å². The number of carbonyl (C=O) groups is 1. The summed E-state index contributed by atoms with van der Waals surface area (Å²) in [6.45, 7) is 1.51. The molecule has 0 bridgehead atoms. The van der Waals surface area contributed by atoms with Gasteiger partial charge in [-0.05, 0) is 60.2 Å². The molecule has 204 valence electrons. The van der Waals surface area contributed by atoms with E-state index in [1.165, 1.54) is 60.5 Å². The molecule has 1 atom stereocenters. The van der Waals surface area contributed by atoms with Crippen molar-refractivity contribution in [3.63, 3.8) is 0 Å². The minimum Gasteiger partial charge on any atom is -0.486 e. The number of benzene rings is 3. The summed E-state index contributed by atoms with van der Waals surface area (Å²) in [6, 6.07) is 12.0. The highest BCUT2D eigenvalue weighted by molar-refractivity contribution is 5.65. The lowest BCUT2D eigenvalue weighted by Crippen LogP contribution is -2.25. The Morgan fingerprint density at radius 3 is 1.84 bits per heavy atom. The van der Waals surface area contributed by atoms with Crippen molar-refractivity contribution in [2.24, 2.45) is 0 Å². The second kappa shape index (κ2) is 11.7. The number of nitrogens with zero attached hydrogens (tertiary/aromatic N) is 1. The maximum atomic E-state index is 13.4. The zero-order valence-corrected chi connectivity index (χ0v) is 20.1. The van der Waals surface area contributed by atoms with E-state index in [0.717, 1.165) is 0 Å². The van der Waals surface area contributed by atoms with Crippen LogP contribution in [-0.2, 0) is 22.0 Å². The van der Waals surface area contributed by atoms with Crippen molar-refractivity contribution < 1.29 is 49.8 Å². The maximum absolute atomic E-state index is 13.4. The van der Waals surface area contributed by atoms with Crippen molar-refractivity contribution in [3.05, 3.63) is 89.2 Å². The number of alkyl halides is 6. The first-order valence-electron chi connectivity index (χ1n) is 11.1. The lowest BCUT2D eigenvalue weighted by Gasteiger charge is -2.22. The Kier molecular flexibility index (Phi) is 8.87. The van der Waals surface area contributed by atoms with Gasteiger partial charge in [-0.1, -0.05) is 12.1 Å². The molecule has 0 saturated carbocycles. The molecule has 3 aromatic rings. The molecular weight excluding hydrogens is 523 g/mol. The van der Waals surface area contributed by atoms with Crippen LogP contribution in [0, 0.1) is 5.82 Å². The Balaban J connectivity index is 1.78. The van der Waals surface area contributed by atoms with Crippen molar-refractivity contribution in [1.29, 1.82) is 0 Å². The topological polar surface area (TPSA) is 48.0 Å². The number of hydroxylamine groups is 2. The number of halogens is 7. The van der Waals surface area contributed by atoms with E-state index in [4.69, 9.17) is 14.3 Å². The highest BCUT2D eigenvalue weighted by Crippen LogP contribution is 2.39. The summed E-state index contributed by atoms with van der Waals surface area (Å²) >= 11 is 0. The largest absolute Gasteiger partial charge is 0.486 e. The number of carbonyl (C=O) groups excluding carboxylic acids is 1. The Hall–Kier alpha value is -3.80. The summed E-state index contributed by atoms with van der Waals surface area (Å²) in [5.41, 5.74) is -2.38. The summed E-state index contributed by atoms with van der Waals surface area (Å²) in [5.74, 6) is -1.34. The molecule has 0 heterocycles. The standard InChI is InChI=1S/C26H22F7NO4/c1-16(35)38-34(2)12-11-24(17-3-5-20(27)6-4-17)37-22-9-7-21(8-10-22)36-23-14-18(25(28,29)30)13-19(15-23)26(31,32)33/h3-10,13-15,24H,11-12H2,1-2H3. The number of rotatable bonds is 9. The zero-order chi connectivity index (χ0) is 28.1. The molecule has 0 aliphatic carbocycles. The molecule has 0 saturated heterocycles. The van der Waals surface area contributed by atoms with E-state index in [9.17, 15) is 35.5 Å². The Morgan fingerprint density at radius 2 is 1.34 bits per heavy atom. The van der Waals surface area contributed by atoms with Gasteiger partial charge in [0.2, 0.25) is 0 Å². The molecule has 0 N–H and O–H groups in total. The third-order valence-corrected chi connectivity index (χ3v) is 5.13. The average molecular weight is 545 g/mol. The van der Waals surface area contributed by atoms with Crippen LogP contribution in [0.3, 0.4) is 0 Å². The fourth-order valence-electron chi connectivity index (χ4n) is 3.41. The predicted octanol–water partition coefficient (Wildman–Crippen LogP) is 7.58. The Labute approximate surface area is 213 Å². The van der Waals surface area contributed by atoms with Crippen LogP contribution < -0.4 is 9.47 Å². The quantitative estimate of drug-likeness (QED) is 0.205. The molecule has 0 radical (unpaired) electrons. The molecule has 0 aliphatic rings. The highest BCUT2D eigenvalue weighted by atomic mass is 19.4. The predicted molar refractivity (Wildman–Crippen MR) is 122 cm³/mol. The summed E-state index contributed by atoms with van der Waals surface area (Å²) in [6.07, 6.45) is -10.3. The second-order valence-corrected chi connectivity index (χ2v) is 8.20. The molecule has 0 fully saturated rings. The maximum Gasteiger partial charge on any atom is 0.416 e. The van der Waals surface area contributed by atoms with E-state index in [1.807, 2.05) is 0 Å². The molecular formula is C26H22F7NO4. The van der Waals surface area contributed by atoms with Gasteiger partial charge in [0.1, 0.15) is 29.2 Å². The van der Waals surface area contributed by atoms with Gasteiger partial charge in [-0.15, -0.1) is 5.06 Å².